The highest BCUT2D eigenvalue weighted by atomic mass is 19.4. The highest BCUT2D eigenvalue weighted by Gasteiger charge is 2.52. The number of hydrogen-bond acceptors (Lipinski definition) is 14. The molecule has 0 aromatic heterocycles. The Balaban J connectivity index is 1.33. The second-order valence-corrected chi connectivity index (χ2v) is 32.0. The van der Waals surface area contributed by atoms with Crippen LogP contribution in [0.15, 0.2) is 42.5 Å². The van der Waals surface area contributed by atoms with Gasteiger partial charge in [0.15, 0.2) is 0 Å². The molecule has 618 valence electrons. The number of nitrogens with zero attached hydrogens (tertiary/aromatic N) is 9. The summed E-state index contributed by atoms with van der Waals surface area (Å²) >= 11 is 0. The summed E-state index contributed by atoms with van der Waals surface area (Å²) in [5.74, 6) is -11.8. The molecule has 3 heterocycles. The number of aryl methyl sites for hydroxylation is 1. The summed E-state index contributed by atoms with van der Waals surface area (Å²) in [7, 11) is 9.58. The number of carbonyl (C=O) groups is 12. The molecule has 111 heavy (non-hydrogen) atoms. The van der Waals surface area contributed by atoms with Crippen molar-refractivity contribution >= 4 is 70.9 Å². The Morgan fingerprint density at radius 1 is 0.622 bits per heavy atom. The summed E-state index contributed by atoms with van der Waals surface area (Å²) in [5.41, 5.74) is -2.88. The van der Waals surface area contributed by atoms with Gasteiger partial charge in [0.2, 0.25) is 70.9 Å². The van der Waals surface area contributed by atoms with Crippen molar-refractivity contribution in [1.82, 2.24) is 60.0 Å². The Hall–Kier alpha value is -8.58. The van der Waals surface area contributed by atoms with Crippen molar-refractivity contribution in [2.24, 2.45) is 23.7 Å². The van der Waals surface area contributed by atoms with Crippen molar-refractivity contribution in [3.8, 4) is 5.75 Å². The number of alkyl halides is 5. The van der Waals surface area contributed by atoms with Crippen LogP contribution < -0.4 is 20.7 Å². The van der Waals surface area contributed by atoms with E-state index >= 15 is 38.0 Å². The largest absolute Gasteiger partial charge is 0.435 e. The summed E-state index contributed by atoms with van der Waals surface area (Å²) in [6.45, 7) is 5.90. The van der Waals surface area contributed by atoms with Gasteiger partial charge < -0.3 is 69.5 Å². The number of benzene rings is 2. The summed E-state index contributed by atoms with van der Waals surface area (Å²) in [4.78, 5) is 192. The first-order chi connectivity index (χ1) is 52.2. The predicted molar refractivity (Wildman–Crippen MR) is 398 cm³/mol. The first-order valence-electron chi connectivity index (χ1n) is 39.1. The van der Waals surface area contributed by atoms with Crippen LogP contribution in [0.25, 0.3) is 0 Å². The van der Waals surface area contributed by atoms with Gasteiger partial charge in [0.05, 0.1) is 44.3 Å². The van der Waals surface area contributed by atoms with Crippen LogP contribution in [0.5, 0.6) is 5.75 Å². The van der Waals surface area contributed by atoms with Gasteiger partial charge in [-0.3, -0.25) is 57.5 Å². The van der Waals surface area contributed by atoms with Crippen LogP contribution in [0, 0.1) is 29.5 Å². The zero-order valence-electron chi connectivity index (χ0n) is 66.6. The lowest BCUT2D eigenvalue weighted by atomic mass is 9.84. The minimum atomic E-state index is -5.07. The number of ether oxygens (including phenoxy) is 2. The van der Waals surface area contributed by atoms with E-state index in [0.29, 0.717) is 75.7 Å². The highest BCUT2D eigenvalue weighted by molar-refractivity contribution is 6.01. The lowest BCUT2D eigenvalue weighted by Gasteiger charge is -2.41. The minimum Gasteiger partial charge on any atom is -0.435 e. The molecule has 3 N–H and O–H groups in total. The fourth-order valence-corrected chi connectivity index (χ4v) is 15.7. The van der Waals surface area contributed by atoms with E-state index in [9.17, 15) is 45.9 Å². The van der Waals surface area contributed by atoms with Gasteiger partial charge in [-0.15, -0.1) is 0 Å². The van der Waals surface area contributed by atoms with Crippen molar-refractivity contribution in [3.05, 3.63) is 65.0 Å². The molecule has 2 aromatic carbocycles. The van der Waals surface area contributed by atoms with Crippen molar-refractivity contribution in [1.29, 1.82) is 0 Å². The molecule has 0 radical (unpaired) electrons. The molecule has 0 bridgehead atoms. The monoisotopic (exact) mass is 1570 g/mol. The van der Waals surface area contributed by atoms with Crippen LogP contribution in [0.1, 0.15) is 180 Å². The van der Waals surface area contributed by atoms with Crippen LogP contribution >= 0.6 is 0 Å². The lowest BCUT2D eigenvalue weighted by molar-refractivity contribution is -0.155. The van der Waals surface area contributed by atoms with Crippen LogP contribution in [-0.4, -0.2) is 264 Å². The Morgan fingerprint density at radius 3 is 1.80 bits per heavy atom. The number of rotatable bonds is 17. The molecular weight excluding hydrogens is 1450 g/mol. The molecule has 3 saturated heterocycles. The number of likely N-dealkylation sites (tertiary alicyclic amines) is 1. The van der Waals surface area contributed by atoms with Gasteiger partial charge in [0.1, 0.15) is 59.4 Å². The number of amides is 12. The van der Waals surface area contributed by atoms with Gasteiger partial charge >= 0.3 is 12.8 Å². The SMILES string of the molecule is CC[C@H](C)[C@@H]1NC(=O)[C@H](CC(C)C)N(C)C(=O)C[C@@H](C(=O)N2CCCCC2)N(C)C(=O)[C@H](CC(C)C)N(C)C(=O)C2(CCCC2)NC(=O)[C@@H]2C[C@H](OCc3ccc(OC(F)F)cc3)CN2C(=O)[C@H](CCc2ccc(C(F)(F)F)c(F)c2)NC(=O)CN(C)C(=O)[C@H](CC2CCCCC2)N(C)C(=O)CN(C)C(=O)CN(C)C1=O. The Labute approximate surface area is 648 Å². The van der Waals surface area contributed by atoms with Crippen molar-refractivity contribution in [2.75, 3.05) is 88.6 Å². The van der Waals surface area contributed by atoms with Crippen molar-refractivity contribution in [3.63, 3.8) is 0 Å². The first kappa shape index (κ1) is 89.6. The summed E-state index contributed by atoms with van der Waals surface area (Å²) in [6, 6.07) is -2.06. The number of nitrogens with one attached hydrogen (secondary N) is 3. The summed E-state index contributed by atoms with van der Waals surface area (Å²) < 4.78 is 94.2. The minimum absolute atomic E-state index is 0.0144. The number of likely N-dealkylation sites (N-methyl/N-ethyl adjacent to an activating group) is 7. The summed E-state index contributed by atoms with van der Waals surface area (Å²) in [5, 5.41) is 8.56. The lowest BCUT2D eigenvalue weighted by Crippen LogP contribution is -2.64. The molecule has 26 nitrogen and oxygen atoms in total. The van der Waals surface area contributed by atoms with E-state index in [1.165, 1.54) is 88.3 Å². The molecule has 7 rings (SSSR count). The van der Waals surface area contributed by atoms with Crippen molar-refractivity contribution in [2.45, 2.75) is 243 Å². The highest BCUT2D eigenvalue weighted by Crippen LogP contribution is 2.37. The molecule has 0 unspecified atom stereocenters. The van der Waals surface area contributed by atoms with E-state index in [4.69, 9.17) is 4.74 Å². The van der Waals surface area contributed by atoms with Crippen LogP contribution in [0.2, 0.25) is 0 Å². The van der Waals surface area contributed by atoms with Gasteiger partial charge in [-0.05, 0) is 123 Å². The van der Waals surface area contributed by atoms with Crippen molar-refractivity contribution < 1.29 is 93.4 Å². The molecule has 12 amide bonds. The van der Waals surface area contributed by atoms with Gasteiger partial charge in [-0.25, -0.2) is 4.39 Å². The summed E-state index contributed by atoms with van der Waals surface area (Å²) in [6.07, 6.45) is -0.0987. The zero-order chi connectivity index (χ0) is 82.1. The van der Waals surface area contributed by atoms with Gasteiger partial charge in [-0.1, -0.05) is 111 Å². The van der Waals surface area contributed by atoms with E-state index in [0.717, 1.165) is 56.2 Å². The number of piperidine rings is 1. The fourth-order valence-electron chi connectivity index (χ4n) is 15.7. The average molecular weight is 1570 g/mol. The fraction of sp³-hybridized carbons (Fsp3) is 0.696. The third-order valence-electron chi connectivity index (χ3n) is 22.7. The number of halogens is 6. The van der Waals surface area contributed by atoms with Gasteiger partial charge in [0.25, 0.3) is 0 Å². The van der Waals surface area contributed by atoms with E-state index < -0.39 is 187 Å². The average Bonchev–Trinajstić information content (AvgIpc) is 1.67. The van der Waals surface area contributed by atoms with E-state index in [2.05, 4.69) is 20.7 Å². The van der Waals surface area contributed by atoms with Crippen LogP contribution in [-0.2, 0) is 81.5 Å². The number of fused-ring (bicyclic) bond motifs is 1. The molecule has 2 saturated carbocycles. The number of carbonyl (C=O) groups excluding carboxylic acids is 12. The zero-order valence-corrected chi connectivity index (χ0v) is 66.6. The second-order valence-electron chi connectivity index (χ2n) is 32.0. The predicted octanol–water partition coefficient (Wildman–Crippen LogP) is 7.17. The number of hydrogen-bond donors (Lipinski definition) is 3. The van der Waals surface area contributed by atoms with E-state index in [-0.39, 0.29) is 87.2 Å². The molecule has 3 aliphatic heterocycles. The maximum Gasteiger partial charge on any atom is 0.419 e. The van der Waals surface area contributed by atoms with Crippen LogP contribution in [0.3, 0.4) is 0 Å². The molecule has 5 fully saturated rings. The molecule has 5 aliphatic rings. The first-order valence-corrected chi connectivity index (χ1v) is 39.1. The molecule has 9 atom stereocenters. The quantitative estimate of drug-likeness (QED) is 0.132. The third kappa shape index (κ3) is 24.0. The molecule has 2 aromatic rings. The smallest absolute Gasteiger partial charge is 0.419 e. The van der Waals surface area contributed by atoms with Gasteiger partial charge in [-0.2, -0.15) is 22.0 Å². The third-order valence-corrected chi connectivity index (χ3v) is 22.7. The molecule has 32 heteroatoms. The Bertz CT molecular complexity index is 3590. The molecule has 1 spiro atoms. The topological polar surface area (TPSA) is 289 Å². The maximum absolute atomic E-state index is 15.8. The Kier molecular flexibility index (Phi) is 32.5. The maximum atomic E-state index is 15.8. The van der Waals surface area contributed by atoms with E-state index in [1.54, 1.807) is 11.8 Å². The normalized spacial score (nSPS) is 25.2. The molecule has 2 aliphatic carbocycles. The Morgan fingerprint density at radius 2 is 1.21 bits per heavy atom. The standard InChI is InChI=1S/C79H116F6N12O14/c1-14-50(6)68-75(108)91(9)45-66(100)89(7)46-67(101)93(11)62(40-51-23-17-15-18-24-51)72(105)90(8)44-64(98)86-58(32-28-52-27-31-56(57(80)39-52)79(83,84)85)71(104)97-43-55(110-47-53-25-29-54(30-26-53)111-77(81)82)41-60(97)70(103)88-78(33-19-20-34-78)76(109)95(13)61(38-49(4)5)73(106)94(12)63(74(107)96-35-21-16-22-36-96)42-65(99)92(10)59(37-48(2)3)69(102)87-68/h25-27,29-31,39,48-51,55,58-63,68,77H,14-24,28,32-38,40-47H2,1-13H3,(H,86,98)(H,87,102)(H,88,103)/t50-,55-,58-,59-,60-,61-,62-,63-,68-/m0/s1. The van der Waals surface area contributed by atoms with E-state index in [1.807, 2.05) is 34.6 Å². The molecular formula is C79H116F6N12O14. The second kappa shape index (κ2) is 40.2. The van der Waals surface area contributed by atoms with Gasteiger partial charge in [0, 0.05) is 75.4 Å². The van der Waals surface area contributed by atoms with Crippen LogP contribution in [0.4, 0.5) is 26.3 Å².